The van der Waals surface area contributed by atoms with Gasteiger partial charge in [-0.3, -0.25) is 0 Å². The molecule has 10 heavy (non-hydrogen) atoms. The first-order valence-corrected chi connectivity index (χ1v) is 3.80. The topological polar surface area (TPSA) is 12.0 Å². The van der Waals surface area contributed by atoms with E-state index in [0.29, 0.717) is 5.92 Å². The molecule has 1 rings (SSSR count). The minimum absolute atomic E-state index is 0.645. The zero-order chi connectivity index (χ0) is 7.56. The molecule has 1 heterocycles. The maximum atomic E-state index is 3.99. The second kappa shape index (κ2) is 3.02. The smallest absolute Gasteiger partial charge is 0.0202 e. The average Bonchev–Trinajstić information content (AvgIpc) is 1.88. The van der Waals surface area contributed by atoms with Crippen LogP contribution in [-0.4, -0.2) is 13.1 Å². The van der Waals surface area contributed by atoms with E-state index < -0.39 is 0 Å². The van der Waals surface area contributed by atoms with Crippen molar-refractivity contribution in [3.8, 4) is 0 Å². The third-order valence-corrected chi connectivity index (χ3v) is 2.04. The molecule has 1 aliphatic rings. The van der Waals surface area contributed by atoms with Gasteiger partial charge in [0.1, 0.15) is 0 Å². The Bertz CT molecular complexity index is 168. The summed E-state index contributed by atoms with van der Waals surface area (Å²) < 4.78 is 0. The van der Waals surface area contributed by atoms with Crippen molar-refractivity contribution in [2.24, 2.45) is 5.92 Å². The molecule has 1 saturated heterocycles. The summed E-state index contributed by atoms with van der Waals surface area (Å²) in [5.41, 5.74) is 2.68. The number of hydrogen-bond acceptors (Lipinski definition) is 1. The highest BCUT2D eigenvalue weighted by Gasteiger charge is 2.15. The van der Waals surface area contributed by atoms with Crippen LogP contribution in [0.2, 0.25) is 0 Å². The first-order chi connectivity index (χ1) is 4.75. The lowest BCUT2D eigenvalue weighted by Gasteiger charge is -2.24. The van der Waals surface area contributed by atoms with Gasteiger partial charge in [-0.15, -0.1) is 0 Å². The molecular weight excluding hydrogens is 122 g/mol. The molecule has 0 spiro atoms. The average molecular weight is 137 g/mol. The molecule has 0 aromatic rings. The quantitative estimate of drug-likeness (QED) is 0.536. The minimum Gasteiger partial charge on any atom is -0.312 e. The predicted molar refractivity (Wildman–Crippen MR) is 44.9 cm³/mol. The van der Waals surface area contributed by atoms with E-state index in [1.165, 1.54) is 11.1 Å². The minimum atomic E-state index is 0.645. The molecule has 1 heteroatoms. The van der Waals surface area contributed by atoms with Crippen molar-refractivity contribution in [2.45, 2.75) is 13.8 Å². The van der Waals surface area contributed by atoms with E-state index in [0.717, 1.165) is 13.1 Å². The standard InChI is InChI=1S/C9H15N/c1-4-9-7(2)5-10-6-8(9)3/h4,8,10H,2,5-6H2,1,3H3/b9-4+. The molecule has 1 nitrogen and oxygen atoms in total. The van der Waals surface area contributed by atoms with Crippen LogP contribution in [0.3, 0.4) is 0 Å². The highest BCUT2D eigenvalue weighted by atomic mass is 14.9. The number of allylic oxidation sites excluding steroid dienone is 1. The summed E-state index contributed by atoms with van der Waals surface area (Å²) in [6, 6.07) is 0. The van der Waals surface area contributed by atoms with E-state index in [4.69, 9.17) is 0 Å². The van der Waals surface area contributed by atoms with Crippen LogP contribution < -0.4 is 5.32 Å². The van der Waals surface area contributed by atoms with Gasteiger partial charge in [-0.2, -0.15) is 0 Å². The lowest BCUT2D eigenvalue weighted by atomic mass is 9.91. The highest BCUT2D eigenvalue weighted by molar-refractivity contribution is 5.33. The van der Waals surface area contributed by atoms with Crippen molar-refractivity contribution in [3.05, 3.63) is 23.8 Å². The Morgan fingerprint density at radius 2 is 2.40 bits per heavy atom. The molecule has 0 aromatic carbocycles. The van der Waals surface area contributed by atoms with Gasteiger partial charge >= 0.3 is 0 Å². The highest BCUT2D eigenvalue weighted by Crippen LogP contribution is 2.20. The molecule has 0 aromatic heterocycles. The summed E-state index contributed by atoms with van der Waals surface area (Å²) in [4.78, 5) is 0. The monoisotopic (exact) mass is 137 g/mol. The zero-order valence-electron chi connectivity index (χ0n) is 6.78. The van der Waals surface area contributed by atoms with Gasteiger partial charge in [0.15, 0.2) is 0 Å². The molecule has 1 N–H and O–H groups in total. The molecule has 0 bridgehead atoms. The second-order valence-electron chi connectivity index (χ2n) is 2.88. The fourth-order valence-electron chi connectivity index (χ4n) is 1.49. The van der Waals surface area contributed by atoms with E-state index >= 15 is 0 Å². The van der Waals surface area contributed by atoms with Gasteiger partial charge in [0.2, 0.25) is 0 Å². The Labute approximate surface area is 62.8 Å². The zero-order valence-corrected chi connectivity index (χ0v) is 6.78. The molecular formula is C9H15N. The lowest BCUT2D eigenvalue weighted by molar-refractivity contribution is 0.556. The summed E-state index contributed by atoms with van der Waals surface area (Å²) in [6.45, 7) is 10.4. The Morgan fingerprint density at radius 3 is 2.80 bits per heavy atom. The molecule has 0 saturated carbocycles. The van der Waals surface area contributed by atoms with E-state index in [2.05, 4.69) is 31.8 Å². The largest absolute Gasteiger partial charge is 0.312 e. The Hall–Kier alpha value is -0.560. The number of hydrogen-bond donors (Lipinski definition) is 1. The van der Waals surface area contributed by atoms with E-state index in [9.17, 15) is 0 Å². The van der Waals surface area contributed by atoms with E-state index in [1.807, 2.05) is 0 Å². The fraction of sp³-hybridized carbons (Fsp3) is 0.556. The summed E-state index contributed by atoms with van der Waals surface area (Å²) in [6.07, 6.45) is 2.17. The lowest BCUT2D eigenvalue weighted by Crippen LogP contribution is -2.31. The molecule has 1 unspecified atom stereocenters. The molecule has 1 atom stereocenters. The van der Waals surface area contributed by atoms with Gasteiger partial charge in [-0.25, -0.2) is 0 Å². The number of nitrogens with one attached hydrogen (secondary N) is 1. The van der Waals surface area contributed by atoms with Crippen molar-refractivity contribution < 1.29 is 0 Å². The first kappa shape index (κ1) is 7.55. The van der Waals surface area contributed by atoms with Crippen molar-refractivity contribution in [1.29, 1.82) is 0 Å². The van der Waals surface area contributed by atoms with E-state index in [-0.39, 0.29) is 0 Å². The van der Waals surface area contributed by atoms with Gasteiger partial charge < -0.3 is 5.32 Å². The van der Waals surface area contributed by atoms with Gasteiger partial charge in [-0.1, -0.05) is 19.6 Å². The Kier molecular flexibility index (Phi) is 2.28. The maximum absolute atomic E-state index is 3.99. The normalized spacial score (nSPS) is 31.2. The van der Waals surface area contributed by atoms with Crippen molar-refractivity contribution in [3.63, 3.8) is 0 Å². The van der Waals surface area contributed by atoms with Gasteiger partial charge in [-0.05, 0) is 24.0 Å². The van der Waals surface area contributed by atoms with Crippen LogP contribution in [0.15, 0.2) is 23.8 Å². The molecule has 56 valence electrons. The fourth-order valence-corrected chi connectivity index (χ4v) is 1.49. The Morgan fingerprint density at radius 1 is 1.70 bits per heavy atom. The molecule has 0 radical (unpaired) electrons. The van der Waals surface area contributed by atoms with Crippen LogP contribution in [0.1, 0.15) is 13.8 Å². The van der Waals surface area contributed by atoms with Crippen LogP contribution in [0.4, 0.5) is 0 Å². The summed E-state index contributed by atoms with van der Waals surface area (Å²) in [5.74, 6) is 0.645. The molecule has 1 aliphatic heterocycles. The Balaban J connectivity index is 2.73. The predicted octanol–water partition coefficient (Wildman–Crippen LogP) is 1.73. The van der Waals surface area contributed by atoms with Gasteiger partial charge in [0.25, 0.3) is 0 Å². The second-order valence-corrected chi connectivity index (χ2v) is 2.88. The van der Waals surface area contributed by atoms with E-state index in [1.54, 1.807) is 0 Å². The number of piperidine rings is 1. The van der Waals surface area contributed by atoms with Crippen molar-refractivity contribution in [2.75, 3.05) is 13.1 Å². The maximum Gasteiger partial charge on any atom is 0.0202 e. The van der Waals surface area contributed by atoms with Gasteiger partial charge in [0.05, 0.1) is 0 Å². The molecule has 0 amide bonds. The van der Waals surface area contributed by atoms with Crippen LogP contribution >= 0.6 is 0 Å². The third-order valence-electron chi connectivity index (χ3n) is 2.04. The van der Waals surface area contributed by atoms with Crippen LogP contribution in [0.25, 0.3) is 0 Å². The molecule has 0 aliphatic carbocycles. The van der Waals surface area contributed by atoms with Crippen LogP contribution in [0, 0.1) is 5.92 Å². The number of rotatable bonds is 0. The summed E-state index contributed by atoms with van der Waals surface area (Å²) >= 11 is 0. The van der Waals surface area contributed by atoms with Gasteiger partial charge in [0, 0.05) is 13.1 Å². The third kappa shape index (κ3) is 1.29. The first-order valence-electron chi connectivity index (χ1n) is 3.80. The summed E-state index contributed by atoms with van der Waals surface area (Å²) in [7, 11) is 0. The SMILES string of the molecule is C=C1CNCC(C)/C1=C/C. The van der Waals surface area contributed by atoms with Crippen molar-refractivity contribution in [1.82, 2.24) is 5.32 Å². The molecule has 1 fully saturated rings. The van der Waals surface area contributed by atoms with Crippen LogP contribution in [0.5, 0.6) is 0 Å². The van der Waals surface area contributed by atoms with Crippen LogP contribution in [-0.2, 0) is 0 Å². The van der Waals surface area contributed by atoms with Crippen molar-refractivity contribution >= 4 is 0 Å². The summed E-state index contributed by atoms with van der Waals surface area (Å²) in [5, 5.41) is 3.31.